The molecule has 2 aromatic carbocycles. The number of anilines is 1. The van der Waals surface area contributed by atoms with Crippen molar-refractivity contribution in [3.63, 3.8) is 0 Å². The second-order valence-electron chi connectivity index (χ2n) is 4.04. The molecular weight excluding hydrogens is 210 g/mol. The van der Waals surface area contributed by atoms with Crippen molar-refractivity contribution in [2.24, 2.45) is 5.73 Å². The number of nitrogens with one attached hydrogen (secondary N) is 1. The standard InChI is InChI=1S/C14H17N3/c1-2-17(10-14(15)16)13-9-5-7-11-6-3-4-8-12(11)13/h3-9H,2,10H2,1H3,(H3,15,16). The van der Waals surface area contributed by atoms with Gasteiger partial charge in [0.25, 0.3) is 0 Å². The highest BCUT2D eigenvalue weighted by atomic mass is 15.1. The van der Waals surface area contributed by atoms with E-state index < -0.39 is 0 Å². The summed E-state index contributed by atoms with van der Waals surface area (Å²) in [6, 6.07) is 14.5. The summed E-state index contributed by atoms with van der Waals surface area (Å²) in [5.74, 6) is 0.194. The monoisotopic (exact) mass is 227 g/mol. The van der Waals surface area contributed by atoms with Crippen LogP contribution in [-0.2, 0) is 0 Å². The molecule has 2 aromatic rings. The van der Waals surface area contributed by atoms with Crippen LogP contribution in [0.25, 0.3) is 10.8 Å². The molecule has 2 rings (SSSR count). The van der Waals surface area contributed by atoms with Crippen LogP contribution in [0.5, 0.6) is 0 Å². The van der Waals surface area contributed by atoms with E-state index in [1.807, 2.05) is 18.2 Å². The molecule has 3 nitrogen and oxygen atoms in total. The summed E-state index contributed by atoms with van der Waals surface area (Å²) >= 11 is 0. The van der Waals surface area contributed by atoms with Gasteiger partial charge < -0.3 is 10.6 Å². The van der Waals surface area contributed by atoms with Crippen LogP contribution in [0.4, 0.5) is 5.69 Å². The lowest BCUT2D eigenvalue weighted by molar-refractivity contribution is 0.921. The topological polar surface area (TPSA) is 53.1 Å². The van der Waals surface area contributed by atoms with Crippen LogP contribution in [0.3, 0.4) is 0 Å². The summed E-state index contributed by atoms with van der Waals surface area (Å²) in [6.45, 7) is 3.39. The summed E-state index contributed by atoms with van der Waals surface area (Å²) in [5, 5.41) is 9.84. The quantitative estimate of drug-likeness (QED) is 0.623. The largest absolute Gasteiger partial charge is 0.386 e. The Labute approximate surface area is 101 Å². The number of hydrogen-bond donors (Lipinski definition) is 2. The lowest BCUT2D eigenvalue weighted by Crippen LogP contribution is -2.33. The zero-order chi connectivity index (χ0) is 12.3. The zero-order valence-electron chi connectivity index (χ0n) is 9.98. The average molecular weight is 227 g/mol. The normalized spacial score (nSPS) is 10.4. The van der Waals surface area contributed by atoms with Crippen molar-refractivity contribution in [1.29, 1.82) is 5.41 Å². The third-order valence-electron chi connectivity index (χ3n) is 2.85. The molecule has 3 heteroatoms. The summed E-state index contributed by atoms with van der Waals surface area (Å²) in [7, 11) is 0. The Morgan fingerprint density at radius 3 is 2.59 bits per heavy atom. The third-order valence-corrected chi connectivity index (χ3v) is 2.85. The number of amidine groups is 1. The molecule has 0 radical (unpaired) electrons. The van der Waals surface area contributed by atoms with Gasteiger partial charge in [0.2, 0.25) is 0 Å². The molecule has 0 saturated carbocycles. The number of benzene rings is 2. The van der Waals surface area contributed by atoms with Gasteiger partial charge in [-0.1, -0.05) is 36.4 Å². The molecule has 0 aliphatic carbocycles. The first-order chi connectivity index (χ1) is 8.22. The van der Waals surface area contributed by atoms with E-state index in [0.717, 1.165) is 12.2 Å². The molecule has 88 valence electrons. The molecule has 0 unspecified atom stereocenters. The van der Waals surface area contributed by atoms with E-state index >= 15 is 0 Å². The minimum absolute atomic E-state index is 0.194. The van der Waals surface area contributed by atoms with Crippen molar-refractivity contribution in [3.05, 3.63) is 42.5 Å². The Morgan fingerprint density at radius 2 is 1.88 bits per heavy atom. The van der Waals surface area contributed by atoms with Gasteiger partial charge in [0.15, 0.2) is 0 Å². The maximum Gasteiger partial charge on any atom is 0.110 e. The highest BCUT2D eigenvalue weighted by molar-refractivity contribution is 5.95. The van der Waals surface area contributed by atoms with Gasteiger partial charge in [-0.05, 0) is 18.4 Å². The number of nitrogens with zero attached hydrogens (tertiary/aromatic N) is 1. The lowest BCUT2D eigenvalue weighted by atomic mass is 10.1. The Bertz CT molecular complexity index is 528. The van der Waals surface area contributed by atoms with Crippen LogP contribution in [0.1, 0.15) is 6.92 Å². The Morgan fingerprint density at radius 1 is 1.18 bits per heavy atom. The average Bonchev–Trinajstić information content (AvgIpc) is 2.35. The van der Waals surface area contributed by atoms with Crippen LogP contribution >= 0.6 is 0 Å². The van der Waals surface area contributed by atoms with Crippen LogP contribution in [0.15, 0.2) is 42.5 Å². The maximum atomic E-state index is 7.42. The first kappa shape index (κ1) is 11.5. The summed E-state index contributed by atoms with van der Waals surface area (Å²) in [5.41, 5.74) is 6.63. The van der Waals surface area contributed by atoms with Gasteiger partial charge >= 0.3 is 0 Å². The third kappa shape index (κ3) is 2.38. The lowest BCUT2D eigenvalue weighted by Gasteiger charge is -2.23. The molecule has 3 N–H and O–H groups in total. The second-order valence-corrected chi connectivity index (χ2v) is 4.04. The van der Waals surface area contributed by atoms with Gasteiger partial charge in [0, 0.05) is 17.6 Å². The van der Waals surface area contributed by atoms with Crippen molar-refractivity contribution in [2.45, 2.75) is 6.92 Å². The Balaban J connectivity index is 2.49. The van der Waals surface area contributed by atoms with Gasteiger partial charge in [0.05, 0.1) is 6.54 Å². The predicted molar refractivity (Wildman–Crippen MR) is 73.7 cm³/mol. The van der Waals surface area contributed by atoms with Crippen molar-refractivity contribution < 1.29 is 0 Å². The van der Waals surface area contributed by atoms with Crippen LogP contribution in [0.2, 0.25) is 0 Å². The molecule has 0 atom stereocenters. The van der Waals surface area contributed by atoms with Gasteiger partial charge in [-0.2, -0.15) is 0 Å². The SMILES string of the molecule is CCN(CC(=N)N)c1cccc2ccccc12. The van der Waals surface area contributed by atoms with Gasteiger partial charge in [-0.15, -0.1) is 0 Å². The maximum absolute atomic E-state index is 7.42. The van der Waals surface area contributed by atoms with Gasteiger partial charge in [-0.3, -0.25) is 5.41 Å². The fraction of sp³-hybridized carbons (Fsp3) is 0.214. The predicted octanol–water partition coefficient (Wildman–Crippen LogP) is 2.60. The Kier molecular flexibility index (Phi) is 3.28. The Hall–Kier alpha value is -2.03. The molecular formula is C14H17N3. The van der Waals surface area contributed by atoms with E-state index in [1.165, 1.54) is 10.8 Å². The van der Waals surface area contributed by atoms with Crippen LogP contribution in [0, 0.1) is 5.41 Å². The van der Waals surface area contributed by atoms with E-state index in [4.69, 9.17) is 11.1 Å². The second kappa shape index (κ2) is 4.87. The van der Waals surface area contributed by atoms with Gasteiger partial charge in [0.1, 0.15) is 5.84 Å². The van der Waals surface area contributed by atoms with Crippen molar-refractivity contribution in [1.82, 2.24) is 0 Å². The molecule has 0 bridgehead atoms. The van der Waals surface area contributed by atoms with Crippen LogP contribution < -0.4 is 10.6 Å². The summed E-state index contributed by atoms with van der Waals surface area (Å²) in [6.07, 6.45) is 0. The first-order valence-corrected chi connectivity index (χ1v) is 5.78. The molecule has 0 saturated heterocycles. The molecule has 0 aromatic heterocycles. The van der Waals surface area contributed by atoms with E-state index in [9.17, 15) is 0 Å². The molecule has 0 spiro atoms. The van der Waals surface area contributed by atoms with E-state index in [2.05, 4.69) is 36.1 Å². The van der Waals surface area contributed by atoms with Crippen molar-refractivity contribution in [3.8, 4) is 0 Å². The molecule has 0 fully saturated rings. The van der Waals surface area contributed by atoms with Crippen LogP contribution in [-0.4, -0.2) is 18.9 Å². The summed E-state index contributed by atoms with van der Waals surface area (Å²) in [4.78, 5) is 2.12. The smallest absolute Gasteiger partial charge is 0.110 e. The van der Waals surface area contributed by atoms with E-state index in [1.54, 1.807) is 0 Å². The molecule has 17 heavy (non-hydrogen) atoms. The minimum atomic E-state index is 0.194. The number of hydrogen-bond acceptors (Lipinski definition) is 2. The fourth-order valence-electron chi connectivity index (χ4n) is 2.06. The number of nitrogens with two attached hydrogens (primary N) is 1. The van der Waals surface area contributed by atoms with Crippen molar-refractivity contribution >= 4 is 22.3 Å². The summed E-state index contributed by atoms with van der Waals surface area (Å²) < 4.78 is 0. The van der Waals surface area contributed by atoms with Gasteiger partial charge in [-0.25, -0.2) is 0 Å². The highest BCUT2D eigenvalue weighted by Gasteiger charge is 2.08. The first-order valence-electron chi connectivity index (χ1n) is 5.78. The molecule has 0 aliphatic heterocycles. The number of likely N-dealkylation sites (N-methyl/N-ethyl adjacent to an activating group) is 1. The molecule has 0 aliphatic rings. The fourth-order valence-corrected chi connectivity index (χ4v) is 2.06. The minimum Gasteiger partial charge on any atom is -0.386 e. The van der Waals surface area contributed by atoms with E-state index in [0.29, 0.717) is 6.54 Å². The zero-order valence-corrected chi connectivity index (χ0v) is 9.98. The molecule has 0 amide bonds. The molecule has 0 heterocycles. The van der Waals surface area contributed by atoms with E-state index in [-0.39, 0.29) is 5.84 Å². The highest BCUT2D eigenvalue weighted by Crippen LogP contribution is 2.26. The number of rotatable bonds is 4. The van der Waals surface area contributed by atoms with Crippen molar-refractivity contribution in [2.75, 3.05) is 18.0 Å². The number of fused-ring (bicyclic) bond motifs is 1.